The first-order chi connectivity index (χ1) is 9.11. The third kappa shape index (κ3) is 3.22. The van der Waals surface area contributed by atoms with Gasteiger partial charge in [0.25, 0.3) is 5.91 Å². The number of thioether (sulfide) groups is 1. The van der Waals surface area contributed by atoms with Gasteiger partial charge in [-0.15, -0.1) is 16.9 Å². The summed E-state index contributed by atoms with van der Waals surface area (Å²) in [4.78, 5) is 12.2. The Morgan fingerprint density at radius 1 is 1.53 bits per heavy atom. The summed E-state index contributed by atoms with van der Waals surface area (Å²) in [6, 6.07) is 7.36. The minimum atomic E-state index is -0.552. The topological polar surface area (TPSA) is 78.7 Å². The highest BCUT2D eigenvalue weighted by atomic mass is 32.2. The number of amides is 1. The van der Waals surface area contributed by atoms with Crippen LogP contribution >= 0.6 is 23.3 Å². The minimum Gasteiger partial charge on any atom is -0.328 e. The molecule has 0 aliphatic carbocycles. The molecule has 1 unspecified atom stereocenters. The third-order valence-corrected chi connectivity index (χ3v) is 4.12. The molecule has 1 N–H and O–H groups in total. The van der Waals surface area contributed by atoms with Crippen molar-refractivity contribution in [2.24, 2.45) is 0 Å². The fraction of sp³-hybridized carbons (Fsp3) is 0.333. The quantitative estimate of drug-likeness (QED) is 0.875. The van der Waals surface area contributed by atoms with Crippen LogP contribution < -0.4 is 5.32 Å². The molecule has 98 valence electrons. The molecule has 19 heavy (non-hydrogen) atoms. The van der Waals surface area contributed by atoms with Crippen molar-refractivity contribution in [3.05, 3.63) is 23.8 Å². The predicted octanol–water partition coefficient (Wildman–Crippen LogP) is 2.41. The first kappa shape index (κ1) is 13.8. The fourth-order valence-corrected chi connectivity index (χ4v) is 3.00. The van der Waals surface area contributed by atoms with Crippen molar-refractivity contribution in [1.82, 2.24) is 14.9 Å². The normalized spacial score (nSPS) is 12.3. The Morgan fingerprint density at radius 3 is 3.00 bits per heavy atom. The minimum absolute atomic E-state index is 0.267. The summed E-state index contributed by atoms with van der Waals surface area (Å²) in [5.74, 6) is -0.267. The van der Waals surface area contributed by atoms with Crippen molar-refractivity contribution in [2.75, 3.05) is 0 Å². The third-order valence-electron chi connectivity index (χ3n) is 2.31. The van der Waals surface area contributed by atoms with Gasteiger partial charge in [-0.1, -0.05) is 24.4 Å². The number of carbonyl (C=O) groups is 1. The SMILES string of the molecule is CC(C)SC(C#N)NC(=O)c1cccc2nnsc12. The van der Waals surface area contributed by atoms with Gasteiger partial charge < -0.3 is 5.32 Å². The second-order valence-corrected chi connectivity index (χ2v) is 6.53. The van der Waals surface area contributed by atoms with Gasteiger partial charge in [0, 0.05) is 5.25 Å². The monoisotopic (exact) mass is 292 g/mol. The molecule has 0 bridgehead atoms. The average molecular weight is 292 g/mol. The van der Waals surface area contributed by atoms with Gasteiger partial charge in [-0.05, 0) is 23.7 Å². The van der Waals surface area contributed by atoms with Crippen LogP contribution in [0.5, 0.6) is 0 Å². The summed E-state index contributed by atoms with van der Waals surface area (Å²) < 4.78 is 4.58. The second-order valence-electron chi connectivity index (χ2n) is 4.09. The van der Waals surface area contributed by atoms with Crippen LogP contribution in [0, 0.1) is 11.3 Å². The van der Waals surface area contributed by atoms with Gasteiger partial charge in [0.05, 0.1) is 16.3 Å². The van der Waals surface area contributed by atoms with Crippen molar-refractivity contribution in [1.29, 1.82) is 5.26 Å². The Bertz CT molecular complexity index is 632. The van der Waals surface area contributed by atoms with E-state index in [4.69, 9.17) is 5.26 Å². The molecule has 0 fully saturated rings. The van der Waals surface area contributed by atoms with Gasteiger partial charge in [0.15, 0.2) is 5.37 Å². The zero-order valence-electron chi connectivity index (χ0n) is 10.5. The van der Waals surface area contributed by atoms with Crippen molar-refractivity contribution in [3.63, 3.8) is 0 Å². The van der Waals surface area contributed by atoms with Crippen molar-refractivity contribution < 1.29 is 4.79 Å². The molecule has 0 aliphatic rings. The molecule has 1 aromatic carbocycles. The van der Waals surface area contributed by atoms with Gasteiger partial charge in [-0.3, -0.25) is 4.79 Å². The molecule has 1 aromatic heterocycles. The largest absolute Gasteiger partial charge is 0.328 e. The maximum absolute atomic E-state index is 12.2. The van der Waals surface area contributed by atoms with Crippen LogP contribution in [0.15, 0.2) is 18.2 Å². The lowest BCUT2D eigenvalue weighted by Crippen LogP contribution is -2.32. The number of hydrogen-bond acceptors (Lipinski definition) is 6. The first-order valence-electron chi connectivity index (χ1n) is 5.69. The Hall–Kier alpha value is -1.65. The summed E-state index contributed by atoms with van der Waals surface area (Å²) in [6.07, 6.45) is 0. The predicted molar refractivity (Wildman–Crippen MR) is 77.0 cm³/mol. The summed E-state index contributed by atoms with van der Waals surface area (Å²) in [7, 11) is 0. The van der Waals surface area contributed by atoms with E-state index in [2.05, 4.69) is 21.0 Å². The number of benzene rings is 1. The van der Waals surface area contributed by atoms with E-state index in [1.807, 2.05) is 13.8 Å². The van der Waals surface area contributed by atoms with Crippen LogP contribution in [0.2, 0.25) is 0 Å². The van der Waals surface area contributed by atoms with Crippen LogP contribution in [-0.4, -0.2) is 26.1 Å². The van der Waals surface area contributed by atoms with Gasteiger partial charge in [0.2, 0.25) is 0 Å². The van der Waals surface area contributed by atoms with E-state index in [0.717, 1.165) is 4.70 Å². The van der Waals surface area contributed by atoms with E-state index in [1.165, 1.54) is 23.3 Å². The molecule has 0 saturated carbocycles. The van der Waals surface area contributed by atoms with Crippen LogP contribution in [0.25, 0.3) is 10.2 Å². The Kier molecular flexibility index (Phi) is 4.35. The Labute approximate surface area is 119 Å². The number of hydrogen-bond donors (Lipinski definition) is 1. The molecular formula is C12H12N4OS2. The van der Waals surface area contributed by atoms with E-state index in [-0.39, 0.29) is 11.2 Å². The maximum atomic E-state index is 12.2. The molecule has 0 saturated heterocycles. The van der Waals surface area contributed by atoms with Gasteiger partial charge >= 0.3 is 0 Å². The van der Waals surface area contributed by atoms with E-state index in [1.54, 1.807) is 18.2 Å². The molecule has 7 heteroatoms. The van der Waals surface area contributed by atoms with Crippen LogP contribution in [-0.2, 0) is 0 Å². The highest BCUT2D eigenvalue weighted by Crippen LogP contribution is 2.21. The zero-order valence-corrected chi connectivity index (χ0v) is 12.1. The number of nitriles is 1. The molecule has 2 rings (SSSR count). The van der Waals surface area contributed by atoms with E-state index in [0.29, 0.717) is 11.1 Å². The van der Waals surface area contributed by atoms with Crippen LogP contribution in [0.1, 0.15) is 24.2 Å². The van der Waals surface area contributed by atoms with E-state index >= 15 is 0 Å². The lowest BCUT2D eigenvalue weighted by atomic mass is 10.2. The first-order valence-corrected chi connectivity index (χ1v) is 7.40. The second kappa shape index (κ2) is 5.99. The maximum Gasteiger partial charge on any atom is 0.254 e. The summed E-state index contributed by atoms with van der Waals surface area (Å²) in [5.41, 5.74) is 1.21. The highest BCUT2D eigenvalue weighted by Gasteiger charge is 2.17. The lowest BCUT2D eigenvalue weighted by molar-refractivity contribution is 0.0957. The molecule has 0 aliphatic heterocycles. The van der Waals surface area contributed by atoms with Crippen molar-refractivity contribution in [3.8, 4) is 6.07 Å². The number of fused-ring (bicyclic) bond motifs is 1. The Morgan fingerprint density at radius 2 is 2.32 bits per heavy atom. The Balaban J connectivity index is 2.20. The number of nitrogens with zero attached hydrogens (tertiary/aromatic N) is 3. The number of carbonyl (C=O) groups excluding carboxylic acids is 1. The summed E-state index contributed by atoms with van der Waals surface area (Å²) in [5, 5.41) is 15.4. The molecule has 5 nitrogen and oxygen atoms in total. The number of rotatable bonds is 4. The summed E-state index contributed by atoms with van der Waals surface area (Å²) >= 11 is 2.59. The van der Waals surface area contributed by atoms with Gasteiger partial charge in [-0.25, -0.2) is 0 Å². The fourth-order valence-electron chi connectivity index (χ4n) is 1.55. The number of nitrogens with one attached hydrogen (secondary N) is 1. The van der Waals surface area contributed by atoms with Gasteiger partial charge in [-0.2, -0.15) is 5.26 Å². The van der Waals surface area contributed by atoms with Crippen molar-refractivity contribution >= 4 is 39.4 Å². The van der Waals surface area contributed by atoms with E-state index in [9.17, 15) is 4.79 Å². The zero-order chi connectivity index (χ0) is 13.8. The van der Waals surface area contributed by atoms with E-state index < -0.39 is 5.37 Å². The molecular weight excluding hydrogens is 280 g/mol. The lowest BCUT2D eigenvalue weighted by Gasteiger charge is -2.13. The standard InChI is InChI=1S/C12H12N4OS2/c1-7(2)18-10(6-13)14-12(17)8-4-3-5-9-11(8)19-16-15-9/h3-5,7,10H,1-2H3,(H,14,17). The molecule has 0 radical (unpaired) electrons. The van der Waals surface area contributed by atoms with Crippen LogP contribution in [0.3, 0.4) is 0 Å². The molecule has 2 aromatic rings. The molecule has 1 heterocycles. The average Bonchev–Trinajstić information content (AvgIpc) is 2.85. The van der Waals surface area contributed by atoms with Gasteiger partial charge in [0.1, 0.15) is 5.52 Å². The summed E-state index contributed by atoms with van der Waals surface area (Å²) in [6.45, 7) is 3.96. The van der Waals surface area contributed by atoms with Crippen LogP contribution in [0.4, 0.5) is 0 Å². The number of aromatic nitrogens is 2. The van der Waals surface area contributed by atoms with Crippen molar-refractivity contribution in [2.45, 2.75) is 24.5 Å². The molecule has 1 amide bonds. The molecule has 0 spiro atoms. The highest BCUT2D eigenvalue weighted by molar-refractivity contribution is 8.00. The molecule has 1 atom stereocenters. The smallest absolute Gasteiger partial charge is 0.254 e.